The molecular formula is C21H18ClN5O5S2. The quantitative estimate of drug-likeness (QED) is 0.415. The molecule has 34 heavy (non-hydrogen) atoms. The number of aromatic amines is 1. The number of primary amides is 1. The van der Waals surface area contributed by atoms with E-state index in [1.165, 1.54) is 11.0 Å². The molecule has 0 spiro atoms. The number of hydrogen-bond donors (Lipinski definition) is 2. The van der Waals surface area contributed by atoms with Gasteiger partial charge in [-0.3, -0.25) is 14.7 Å². The van der Waals surface area contributed by atoms with Crippen molar-refractivity contribution in [3.05, 3.63) is 59.5 Å². The molecule has 1 unspecified atom stereocenters. The molecule has 1 aromatic carbocycles. The molecule has 1 atom stereocenters. The number of H-pyrrole nitrogens is 1. The van der Waals surface area contributed by atoms with Gasteiger partial charge in [0.2, 0.25) is 5.91 Å². The van der Waals surface area contributed by atoms with Gasteiger partial charge in [-0.2, -0.15) is 4.31 Å². The third kappa shape index (κ3) is 4.20. The van der Waals surface area contributed by atoms with Gasteiger partial charge in [-0.1, -0.05) is 17.7 Å². The van der Waals surface area contributed by atoms with E-state index < -0.39 is 34.8 Å². The number of halogens is 1. The van der Waals surface area contributed by atoms with Crippen molar-refractivity contribution >= 4 is 66.0 Å². The van der Waals surface area contributed by atoms with Gasteiger partial charge >= 0.3 is 6.09 Å². The summed E-state index contributed by atoms with van der Waals surface area (Å²) in [5.74, 6) is -0.526. The minimum absolute atomic E-state index is 0.0620. The van der Waals surface area contributed by atoms with Crippen LogP contribution in [0.2, 0.25) is 5.02 Å². The molecule has 1 saturated heterocycles. The lowest BCUT2D eigenvalue weighted by molar-refractivity contribution is -0.149. The molecule has 5 rings (SSSR count). The Morgan fingerprint density at radius 1 is 1.26 bits per heavy atom. The Kier molecular flexibility index (Phi) is 5.68. The number of aromatic nitrogens is 2. The average Bonchev–Trinajstić information content (AvgIpc) is 3.39. The van der Waals surface area contributed by atoms with Crippen LogP contribution in [0.15, 0.2) is 53.0 Å². The molecule has 4 aromatic rings. The van der Waals surface area contributed by atoms with Crippen molar-refractivity contribution < 1.29 is 22.7 Å². The van der Waals surface area contributed by atoms with Crippen molar-refractivity contribution in [3.8, 4) is 0 Å². The van der Waals surface area contributed by atoms with E-state index in [0.717, 1.165) is 31.9 Å². The smallest absolute Gasteiger partial charge is 0.406 e. The first-order valence-corrected chi connectivity index (χ1v) is 12.7. The van der Waals surface area contributed by atoms with Crippen molar-refractivity contribution in [1.29, 1.82) is 0 Å². The Balaban J connectivity index is 1.43. The molecule has 1 aliphatic heterocycles. The number of benzene rings is 1. The highest BCUT2D eigenvalue weighted by Crippen LogP contribution is 2.33. The number of rotatable bonds is 5. The Hall–Kier alpha value is -3.19. The van der Waals surface area contributed by atoms with Gasteiger partial charge < -0.3 is 15.5 Å². The molecule has 0 aliphatic carbocycles. The number of nitrogens with one attached hydrogen (secondary N) is 1. The zero-order valence-electron chi connectivity index (χ0n) is 17.5. The predicted molar refractivity (Wildman–Crippen MR) is 127 cm³/mol. The van der Waals surface area contributed by atoms with Gasteiger partial charge in [0.05, 0.1) is 19.6 Å². The number of nitrogens with zero attached hydrogens (tertiary/aromatic N) is 3. The summed E-state index contributed by atoms with van der Waals surface area (Å²) in [6.45, 7) is -0.591. The summed E-state index contributed by atoms with van der Waals surface area (Å²) in [7, 11) is -4.04. The Morgan fingerprint density at radius 2 is 2.09 bits per heavy atom. The average molecular weight is 520 g/mol. The maximum absolute atomic E-state index is 13.3. The molecule has 176 valence electrons. The summed E-state index contributed by atoms with van der Waals surface area (Å²) in [4.78, 5) is 33.1. The van der Waals surface area contributed by atoms with Gasteiger partial charge in [-0.25, -0.2) is 13.2 Å². The third-order valence-electron chi connectivity index (χ3n) is 5.46. The van der Waals surface area contributed by atoms with Crippen LogP contribution in [0.4, 0.5) is 4.79 Å². The number of fused-ring (bicyclic) bond motifs is 2. The molecule has 4 heterocycles. The first-order chi connectivity index (χ1) is 16.2. The van der Waals surface area contributed by atoms with Crippen LogP contribution in [-0.4, -0.2) is 58.9 Å². The van der Waals surface area contributed by atoms with Gasteiger partial charge in [0.1, 0.15) is 4.21 Å². The number of amides is 2. The standard InChI is InChI=1S/C21H18ClN5O5S2/c22-14-2-1-12-6-20(33-17(12)7-14)34(30,31)26-10-18(28)27(19(11-26)32-21(23)29)9-15-5-13-8-24-4-3-16(13)25-15/h1-8,19,25H,9-11H2,(H2,23,29). The third-order valence-corrected chi connectivity index (χ3v) is 9.06. The van der Waals surface area contributed by atoms with Gasteiger partial charge in [0.25, 0.3) is 10.0 Å². The van der Waals surface area contributed by atoms with E-state index in [1.54, 1.807) is 36.7 Å². The van der Waals surface area contributed by atoms with E-state index in [9.17, 15) is 18.0 Å². The molecule has 0 radical (unpaired) electrons. The van der Waals surface area contributed by atoms with Crippen LogP contribution in [-0.2, 0) is 26.1 Å². The zero-order valence-corrected chi connectivity index (χ0v) is 19.9. The van der Waals surface area contributed by atoms with Gasteiger partial charge in [-0.05, 0) is 35.7 Å². The van der Waals surface area contributed by atoms with E-state index in [0.29, 0.717) is 15.4 Å². The lowest BCUT2D eigenvalue weighted by Gasteiger charge is -2.38. The van der Waals surface area contributed by atoms with Crippen LogP contribution in [0.1, 0.15) is 5.69 Å². The lowest BCUT2D eigenvalue weighted by atomic mass is 10.2. The van der Waals surface area contributed by atoms with Gasteiger partial charge in [0.15, 0.2) is 6.23 Å². The summed E-state index contributed by atoms with van der Waals surface area (Å²) in [6.07, 6.45) is 1.01. The summed E-state index contributed by atoms with van der Waals surface area (Å²) < 4.78 is 33.6. The van der Waals surface area contributed by atoms with Crippen LogP contribution in [0.5, 0.6) is 0 Å². The molecule has 1 aliphatic rings. The normalized spacial score (nSPS) is 17.5. The van der Waals surface area contributed by atoms with Gasteiger partial charge in [-0.15, -0.1) is 11.3 Å². The number of carbonyl (C=O) groups is 2. The van der Waals surface area contributed by atoms with E-state index in [4.69, 9.17) is 22.1 Å². The number of thiophene rings is 1. The molecule has 1 fully saturated rings. The predicted octanol–water partition coefficient (Wildman–Crippen LogP) is 2.89. The second-order valence-corrected chi connectivity index (χ2v) is 11.4. The fourth-order valence-electron chi connectivity index (χ4n) is 3.88. The topological polar surface area (TPSA) is 139 Å². The molecule has 10 nitrogen and oxygen atoms in total. The number of pyridine rings is 1. The summed E-state index contributed by atoms with van der Waals surface area (Å²) >= 11 is 7.07. The van der Waals surface area contributed by atoms with Crippen molar-refractivity contribution in [3.63, 3.8) is 0 Å². The highest BCUT2D eigenvalue weighted by molar-refractivity contribution is 7.91. The Labute approximate surface area is 202 Å². The van der Waals surface area contributed by atoms with Crippen molar-refractivity contribution in [2.45, 2.75) is 17.0 Å². The molecule has 3 aromatic heterocycles. The zero-order chi connectivity index (χ0) is 24.0. The second-order valence-electron chi connectivity index (χ2n) is 7.72. The van der Waals surface area contributed by atoms with Crippen LogP contribution in [0, 0.1) is 0 Å². The number of nitrogens with two attached hydrogens (primary N) is 1. The first kappa shape index (κ1) is 22.6. The van der Waals surface area contributed by atoms with Crippen molar-refractivity contribution in [2.24, 2.45) is 5.73 Å². The van der Waals surface area contributed by atoms with Crippen LogP contribution in [0.3, 0.4) is 0 Å². The summed E-state index contributed by atoms with van der Waals surface area (Å²) in [5.41, 5.74) is 6.73. The van der Waals surface area contributed by atoms with E-state index in [1.807, 2.05) is 6.07 Å². The molecule has 2 amide bonds. The maximum atomic E-state index is 13.3. The highest BCUT2D eigenvalue weighted by atomic mass is 35.5. The number of ether oxygens (including phenoxy) is 1. The van der Waals surface area contributed by atoms with Crippen molar-refractivity contribution in [2.75, 3.05) is 13.1 Å². The summed E-state index contributed by atoms with van der Waals surface area (Å²) in [6, 6.07) is 10.2. The second kappa shape index (κ2) is 8.55. The van der Waals surface area contributed by atoms with Crippen molar-refractivity contribution in [1.82, 2.24) is 19.2 Å². The molecule has 0 bridgehead atoms. The Bertz CT molecular complexity index is 1500. The number of piperazine rings is 1. The van der Waals surface area contributed by atoms with Crippen LogP contribution >= 0.6 is 22.9 Å². The monoisotopic (exact) mass is 519 g/mol. The number of sulfonamides is 1. The molecule has 13 heteroatoms. The number of carbonyl (C=O) groups excluding carboxylic acids is 2. The largest absolute Gasteiger partial charge is 0.424 e. The molecule has 0 saturated carbocycles. The Morgan fingerprint density at radius 3 is 2.85 bits per heavy atom. The number of hydrogen-bond acceptors (Lipinski definition) is 7. The van der Waals surface area contributed by atoms with E-state index >= 15 is 0 Å². The summed E-state index contributed by atoms with van der Waals surface area (Å²) in [5, 5.41) is 2.06. The van der Waals surface area contributed by atoms with E-state index in [2.05, 4.69) is 9.97 Å². The highest BCUT2D eigenvalue weighted by Gasteiger charge is 2.41. The molecular weight excluding hydrogens is 502 g/mol. The first-order valence-electron chi connectivity index (χ1n) is 10.1. The van der Waals surface area contributed by atoms with Gasteiger partial charge in [0, 0.05) is 38.7 Å². The molecule has 3 N–H and O–H groups in total. The maximum Gasteiger partial charge on any atom is 0.406 e. The van der Waals surface area contributed by atoms with Crippen LogP contribution < -0.4 is 5.73 Å². The fraction of sp³-hybridized carbons (Fsp3) is 0.190. The minimum atomic E-state index is -4.04. The minimum Gasteiger partial charge on any atom is -0.424 e. The fourth-order valence-corrected chi connectivity index (χ4v) is 7.10. The van der Waals surface area contributed by atoms with Crippen LogP contribution in [0.25, 0.3) is 21.0 Å². The SMILES string of the molecule is NC(=O)OC1CN(S(=O)(=O)c2cc3ccc(Cl)cc3s2)CC(=O)N1Cc1cc2cnccc2[nH]1. The van der Waals surface area contributed by atoms with E-state index in [-0.39, 0.29) is 17.3 Å². The lowest BCUT2D eigenvalue weighted by Crippen LogP contribution is -2.58.